The van der Waals surface area contributed by atoms with Crippen LogP contribution in [0, 0.1) is 0 Å². The summed E-state index contributed by atoms with van der Waals surface area (Å²) in [5.41, 5.74) is 6.50. The molecule has 0 aliphatic heterocycles. The molecule has 0 heterocycles. The Morgan fingerprint density at radius 3 is 1.76 bits per heavy atom. The predicted molar refractivity (Wildman–Crippen MR) is 91.5 cm³/mol. The van der Waals surface area contributed by atoms with E-state index < -0.39 is 0 Å². The van der Waals surface area contributed by atoms with Crippen LogP contribution in [0.15, 0.2) is 77.3 Å². The zero-order valence-electron chi connectivity index (χ0n) is 11.4. The lowest BCUT2D eigenvalue weighted by Crippen LogP contribution is -2.09. The van der Waals surface area contributed by atoms with Gasteiger partial charge in [0.05, 0.1) is 6.04 Å². The second-order valence-electron chi connectivity index (χ2n) is 5.26. The van der Waals surface area contributed by atoms with Crippen LogP contribution in [-0.4, -0.2) is 0 Å². The summed E-state index contributed by atoms with van der Waals surface area (Å²) in [4.78, 5) is 0. The van der Waals surface area contributed by atoms with Crippen molar-refractivity contribution in [2.75, 3.05) is 5.32 Å². The van der Waals surface area contributed by atoms with Gasteiger partial charge in [-0.05, 0) is 46.5 Å². The minimum atomic E-state index is 0.221. The third kappa shape index (κ3) is 2.16. The van der Waals surface area contributed by atoms with Gasteiger partial charge in [-0.1, -0.05) is 64.5 Å². The molecular weight excluding hydrogens is 322 g/mol. The third-order valence-electron chi connectivity index (χ3n) is 3.99. The first-order valence-electron chi connectivity index (χ1n) is 7.03. The molecule has 3 aromatic rings. The SMILES string of the molecule is Brc1ccc(NC2c3ccccc3-c3ccccc32)cc1. The molecule has 0 bridgehead atoms. The topological polar surface area (TPSA) is 12.0 Å². The molecule has 1 N–H and O–H groups in total. The van der Waals surface area contributed by atoms with Gasteiger partial charge < -0.3 is 5.32 Å². The molecular formula is C19H14BrN. The van der Waals surface area contributed by atoms with Gasteiger partial charge in [-0.2, -0.15) is 0 Å². The smallest absolute Gasteiger partial charge is 0.0779 e. The van der Waals surface area contributed by atoms with Gasteiger partial charge in [0, 0.05) is 10.2 Å². The van der Waals surface area contributed by atoms with Crippen molar-refractivity contribution in [3.8, 4) is 11.1 Å². The highest BCUT2D eigenvalue weighted by molar-refractivity contribution is 9.10. The van der Waals surface area contributed by atoms with Crippen LogP contribution in [0.1, 0.15) is 17.2 Å². The molecule has 1 aliphatic rings. The highest BCUT2D eigenvalue weighted by Gasteiger charge is 2.27. The fraction of sp³-hybridized carbons (Fsp3) is 0.0526. The summed E-state index contributed by atoms with van der Waals surface area (Å²) in [5.74, 6) is 0. The number of halogens is 1. The molecule has 0 amide bonds. The molecule has 4 rings (SSSR count). The first kappa shape index (κ1) is 12.7. The largest absolute Gasteiger partial charge is 0.374 e. The average molecular weight is 336 g/mol. The fourth-order valence-electron chi connectivity index (χ4n) is 3.02. The lowest BCUT2D eigenvalue weighted by Gasteiger charge is -2.17. The van der Waals surface area contributed by atoms with Crippen LogP contribution < -0.4 is 5.32 Å². The van der Waals surface area contributed by atoms with Gasteiger partial charge in [-0.25, -0.2) is 0 Å². The Labute approximate surface area is 132 Å². The van der Waals surface area contributed by atoms with Crippen LogP contribution in [0.4, 0.5) is 5.69 Å². The van der Waals surface area contributed by atoms with E-state index in [0.717, 1.165) is 10.2 Å². The van der Waals surface area contributed by atoms with Crippen molar-refractivity contribution in [2.45, 2.75) is 6.04 Å². The van der Waals surface area contributed by atoms with Gasteiger partial charge in [-0.3, -0.25) is 0 Å². The van der Waals surface area contributed by atoms with Crippen molar-refractivity contribution in [1.29, 1.82) is 0 Å². The summed E-state index contributed by atoms with van der Waals surface area (Å²) in [6, 6.07) is 25.8. The van der Waals surface area contributed by atoms with Gasteiger partial charge >= 0.3 is 0 Å². The van der Waals surface area contributed by atoms with E-state index in [1.807, 2.05) is 0 Å². The van der Waals surface area contributed by atoms with E-state index in [1.54, 1.807) is 0 Å². The van der Waals surface area contributed by atoms with Crippen molar-refractivity contribution in [3.63, 3.8) is 0 Å². The Balaban J connectivity index is 1.79. The summed E-state index contributed by atoms with van der Waals surface area (Å²) in [6.07, 6.45) is 0. The van der Waals surface area contributed by atoms with E-state index in [9.17, 15) is 0 Å². The van der Waals surface area contributed by atoms with Gasteiger partial charge in [0.25, 0.3) is 0 Å². The first-order chi connectivity index (χ1) is 10.3. The molecule has 0 saturated carbocycles. The standard InChI is InChI=1S/C19H14BrN/c20-13-9-11-14(12-10-13)21-19-17-7-3-1-5-15(17)16-6-2-4-8-18(16)19/h1-12,19,21H. The Kier molecular flexibility index (Phi) is 3.04. The highest BCUT2D eigenvalue weighted by Crippen LogP contribution is 2.44. The van der Waals surface area contributed by atoms with Gasteiger partial charge in [0.1, 0.15) is 0 Å². The molecule has 0 saturated heterocycles. The van der Waals surface area contributed by atoms with E-state index >= 15 is 0 Å². The van der Waals surface area contributed by atoms with Crippen molar-refractivity contribution in [3.05, 3.63) is 88.4 Å². The van der Waals surface area contributed by atoms with Crippen LogP contribution in [0.3, 0.4) is 0 Å². The van der Waals surface area contributed by atoms with Crippen LogP contribution in [0.5, 0.6) is 0 Å². The van der Waals surface area contributed by atoms with Crippen LogP contribution in [0.2, 0.25) is 0 Å². The number of nitrogens with one attached hydrogen (secondary N) is 1. The van der Waals surface area contributed by atoms with Crippen LogP contribution in [0.25, 0.3) is 11.1 Å². The van der Waals surface area contributed by atoms with Crippen molar-refractivity contribution < 1.29 is 0 Å². The lowest BCUT2D eigenvalue weighted by molar-refractivity contribution is 0.974. The number of anilines is 1. The van der Waals surface area contributed by atoms with E-state index in [1.165, 1.54) is 22.3 Å². The second kappa shape index (κ2) is 5.05. The molecule has 0 aromatic heterocycles. The molecule has 1 nitrogen and oxygen atoms in total. The highest BCUT2D eigenvalue weighted by atomic mass is 79.9. The maximum atomic E-state index is 3.66. The number of fused-ring (bicyclic) bond motifs is 3. The second-order valence-corrected chi connectivity index (χ2v) is 6.17. The Bertz CT molecular complexity index is 747. The molecule has 21 heavy (non-hydrogen) atoms. The fourth-order valence-corrected chi connectivity index (χ4v) is 3.29. The van der Waals surface area contributed by atoms with E-state index in [4.69, 9.17) is 0 Å². The van der Waals surface area contributed by atoms with E-state index in [0.29, 0.717) is 0 Å². The quantitative estimate of drug-likeness (QED) is 0.639. The van der Waals surface area contributed by atoms with Crippen molar-refractivity contribution in [1.82, 2.24) is 0 Å². The summed E-state index contributed by atoms with van der Waals surface area (Å²) in [7, 11) is 0. The molecule has 0 fully saturated rings. The summed E-state index contributed by atoms with van der Waals surface area (Å²) < 4.78 is 1.10. The summed E-state index contributed by atoms with van der Waals surface area (Å²) in [5, 5.41) is 3.66. The number of rotatable bonds is 2. The lowest BCUT2D eigenvalue weighted by atomic mass is 10.1. The monoisotopic (exact) mass is 335 g/mol. The first-order valence-corrected chi connectivity index (χ1v) is 7.82. The molecule has 0 atom stereocenters. The van der Waals surface area contributed by atoms with Crippen LogP contribution >= 0.6 is 15.9 Å². The normalized spacial score (nSPS) is 12.8. The molecule has 2 heteroatoms. The number of benzene rings is 3. The molecule has 3 aromatic carbocycles. The molecule has 0 unspecified atom stereocenters. The zero-order chi connectivity index (χ0) is 14.2. The van der Waals surface area contributed by atoms with Gasteiger partial charge in [-0.15, -0.1) is 0 Å². The maximum Gasteiger partial charge on any atom is 0.0779 e. The summed E-state index contributed by atoms with van der Waals surface area (Å²) >= 11 is 3.48. The third-order valence-corrected chi connectivity index (χ3v) is 4.52. The maximum absolute atomic E-state index is 3.66. The van der Waals surface area contributed by atoms with E-state index in [-0.39, 0.29) is 6.04 Å². The minimum absolute atomic E-state index is 0.221. The van der Waals surface area contributed by atoms with Crippen molar-refractivity contribution >= 4 is 21.6 Å². The Morgan fingerprint density at radius 1 is 0.667 bits per heavy atom. The van der Waals surface area contributed by atoms with Gasteiger partial charge in [0.2, 0.25) is 0 Å². The number of hydrogen-bond acceptors (Lipinski definition) is 1. The van der Waals surface area contributed by atoms with Gasteiger partial charge in [0.15, 0.2) is 0 Å². The number of hydrogen-bond donors (Lipinski definition) is 1. The molecule has 102 valence electrons. The van der Waals surface area contributed by atoms with Crippen molar-refractivity contribution in [2.24, 2.45) is 0 Å². The Morgan fingerprint density at radius 2 is 1.19 bits per heavy atom. The molecule has 1 aliphatic carbocycles. The van der Waals surface area contributed by atoms with E-state index in [2.05, 4.69) is 94.0 Å². The molecule has 0 radical (unpaired) electrons. The summed E-state index contributed by atoms with van der Waals surface area (Å²) in [6.45, 7) is 0. The zero-order valence-corrected chi connectivity index (χ0v) is 13.0. The molecule has 0 spiro atoms. The predicted octanol–water partition coefficient (Wildman–Crippen LogP) is 5.63. The minimum Gasteiger partial charge on any atom is -0.374 e. The average Bonchev–Trinajstić information content (AvgIpc) is 2.85. The Hall–Kier alpha value is -2.06. The van der Waals surface area contributed by atoms with Crippen LogP contribution in [-0.2, 0) is 0 Å².